The topological polar surface area (TPSA) is 132 Å². The fourth-order valence-corrected chi connectivity index (χ4v) is 6.90. The van der Waals surface area contributed by atoms with Crippen molar-refractivity contribution in [2.45, 2.75) is 23.1 Å². The number of pyridine rings is 1. The first-order valence-electron chi connectivity index (χ1n) is 10.6. The van der Waals surface area contributed by atoms with E-state index in [4.69, 9.17) is 22.1 Å². The van der Waals surface area contributed by atoms with Gasteiger partial charge in [-0.05, 0) is 66.1 Å². The first kappa shape index (κ1) is 25.6. The molecule has 11 heteroatoms. The number of carbonyl (C=O) groups is 1. The van der Waals surface area contributed by atoms with E-state index >= 15 is 0 Å². The van der Waals surface area contributed by atoms with Crippen molar-refractivity contribution >= 4 is 44.4 Å². The van der Waals surface area contributed by atoms with Crippen LogP contribution in [-0.4, -0.2) is 31.6 Å². The second kappa shape index (κ2) is 10.3. The summed E-state index contributed by atoms with van der Waals surface area (Å²) in [4.78, 5) is 17.6. The number of anilines is 1. The lowest BCUT2D eigenvalue weighted by atomic mass is 9.90. The van der Waals surface area contributed by atoms with Crippen LogP contribution in [0.3, 0.4) is 0 Å². The van der Waals surface area contributed by atoms with Crippen LogP contribution in [-0.2, 0) is 16.3 Å². The molecule has 2 heterocycles. The standard InChI is InChI=1S/C25H22ClN3O5S2/c1-14-23(27)21(19-9-10-20(26)35-19)18(12-15-4-3-11-28-13-15)22(25(30)29-31)24(14)36(32,33)17-7-5-16(34-2)6-8-17/h3-11,13,31H,12,27H2,1-2H3,(H,29,30). The number of halogens is 1. The number of nitrogens with one attached hydrogen (secondary N) is 1. The number of rotatable bonds is 7. The molecule has 2 aromatic heterocycles. The summed E-state index contributed by atoms with van der Waals surface area (Å²) in [5, 5.41) is 9.66. The quantitative estimate of drug-likeness (QED) is 0.171. The molecule has 0 aliphatic rings. The molecule has 0 aliphatic carbocycles. The van der Waals surface area contributed by atoms with Gasteiger partial charge in [-0.2, -0.15) is 0 Å². The number of hydrogen-bond donors (Lipinski definition) is 3. The van der Waals surface area contributed by atoms with E-state index in [1.165, 1.54) is 49.6 Å². The normalized spacial score (nSPS) is 11.3. The lowest BCUT2D eigenvalue weighted by Gasteiger charge is -2.22. The van der Waals surface area contributed by atoms with Crippen molar-refractivity contribution in [3.05, 3.63) is 87.5 Å². The Bertz CT molecular complexity index is 1540. The van der Waals surface area contributed by atoms with Crippen molar-refractivity contribution < 1.29 is 23.2 Å². The molecule has 0 saturated heterocycles. The summed E-state index contributed by atoms with van der Waals surface area (Å²) in [6.07, 6.45) is 3.34. The zero-order valence-corrected chi connectivity index (χ0v) is 21.7. The number of carbonyl (C=O) groups excluding carboxylic acids is 1. The van der Waals surface area contributed by atoms with E-state index in [0.29, 0.717) is 31.7 Å². The van der Waals surface area contributed by atoms with Crippen LogP contribution in [0.2, 0.25) is 4.34 Å². The van der Waals surface area contributed by atoms with Gasteiger partial charge in [-0.25, -0.2) is 13.9 Å². The highest BCUT2D eigenvalue weighted by Gasteiger charge is 2.33. The minimum Gasteiger partial charge on any atom is -0.497 e. The van der Waals surface area contributed by atoms with Gasteiger partial charge in [-0.3, -0.25) is 15.0 Å². The highest BCUT2D eigenvalue weighted by atomic mass is 35.5. The molecule has 36 heavy (non-hydrogen) atoms. The molecule has 0 fully saturated rings. The maximum atomic E-state index is 13.9. The van der Waals surface area contributed by atoms with E-state index in [-0.39, 0.29) is 33.0 Å². The number of sulfone groups is 1. The number of amides is 1. The van der Waals surface area contributed by atoms with E-state index < -0.39 is 15.7 Å². The molecule has 186 valence electrons. The molecule has 0 saturated carbocycles. The van der Waals surface area contributed by atoms with Crippen LogP contribution in [0.25, 0.3) is 10.4 Å². The number of nitrogens with two attached hydrogens (primary N) is 1. The van der Waals surface area contributed by atoms with Crippen LogP contribution in [0.1, 0.15) is 27.0 Å². The molecule has 4 aromatic rings. The zero-order valence-electron chi connectivity index (χ0n) is 19.3. The van der Waals surface area contributed by atoms with Gasteiger partial charge in [0.05, 0.1) is 26.8 Å². The third kappa shape index (κ3) is 4.68. The van der Waals surface area contributed by atoms with Gasteiger partial charge < -0.3 is 10.5 Å². The average Bonchev–Trinajstić information content (AvgIpc) is 3.31. The molecule has 0 radical (unpaired) electrons. The van der Waals surface area contributed by atoms with E-state index in [1.54, 1.807) is 42.1 Å². The Morgan fingerprint density at radius 2 is 1.92 bits per heavy atom. The molecule has 2 aromatic carbocycles. The number of methoxy groups -OCH3 is 1. The molecule has 0 bridgehead atoms. The van der Waals surface area contributed by atoms with Crippen molar-refractivity contribution in [2.24, 2.45) is 0 Å². The predicted molar refractivity (Wildman–Crippen MR) is 139 cm³/mol. The number of nitrogen functional groups attached to an aromatic ring is 1. The Labute approximate surface area is 217 Å². The number of ether oxygens (including phenoxy) is 1. The maximum Gasteiger partial charge on any atom is 0.276 e. The largest absolute Gasteiger partial charge is 0.497 e. The lowest BCUT2D eigenvalue weighted by Crippen LogP contribution is -2.25. The molecule has 0 spiro atoms. The van der Waals surface area contributed by atoms with Crippen LogP contribution in [0, 0.1) is 6.92 Å². The van der Waals surface area contributed by atoms with Gasteiger partial charge in [-0.1, -0.05) is 17.7 Å². The second-order valence-electron chi connectivity index (χ2n) is 7.86. The fraction of sp³-hybridized carbons (Fsp3) is 0.120. The summed E-state index contributed by atoms with van der Waals surface area (Å²) in [5.74, 6) is -0.506. The minimum atomic E-state index is -4.26. The number of hydrogen-bond acceptors (Lipinski definition) is 8. The summed E-state index contributed by atoms with van der Waals surface area (Å²) in [6, 6.07) is 12.8. The van der Waals surface area contributed by atoms with Crippen LogP contribution in [0.5, 0.6) is 5.75 Å². The molecule has 8 nitrogen and oxygen atoms in total. The summed E-state index contributed by atoms with van der Waals surface area (Å²) >= 11 is 7.44. The van der Waals surface area contributed by atoms with Gasteiger partial charge in [0, 0.05) is 34.9 Å². The number of benzene rings is 2. The van der Waals surface area contributed by atoms with Gasteiger partial charge in [0.1, 0.15) is 5.75 Å². The Morgan fingerprint density at radius 1 is 1.19 bits per heavy atom. The van der Waals surface area contributed by atoms with E-state index in [0.717, 1.165) is 0 Å². The number of nitrogens with zero attached hydrogens (tertiary/aromatic N) is 1. The number of aromatic nitrogens is 1. The van der Waals surface area contributed by atoms with Gasteiger partial charge in [-0.15, -0.1) is 11.3 Å². The predicted octanol–water partition coefficient (Wildman–Crippen LogP) is 4.91. The Balaban J connectivity index is 2.10. The van der Waals surface area contributed by atoms with Crippen LogP contribution < -0.4 is 16.0 Å². The van der Waals surface area contributed by atoms with Crippen molar-refractivity contribution in [2.75, 3.05) is 12.8 Å². The van der Waals surface area contributed by atoms with Crippen LogP contribution in [0.4, 0.5) is 5.69 Å². The van der Waals surface area contributed by atoms with Crippen molar-refractivity contribution in [3.63, 3.8) is 0 Å². The Kier molecular flexibility index (Phi) is 7.32. The summed E-state index contributed by atoms with van der Waals surface area (Å²) in [7, 11) is -2.79. The fourth-order valence-electron chi connectivity index (χ4n) is 4.04. The van der Waals surface area contributed by atoms with E-state index in [1.807, 2.05) is 0 Å². The second-order valence-corrected chi connectivity index (χ2v) is 11.5. The molecule has 0 aliphatic heterocycles. The smallest absolute Gasteiger partial charge is 0.276 e. The molecule has 1 amide bonds. The van der Waals surface area contributed by atoms with Crippen molar-refractivity contribution in [1.29, 1.82) is 0 Å². The van der Waals surface area contributed by atoms with Gasteiger partial charge in [0.15, 0.2) is 0 Å². The van der Waals surface area contributed by atoms with Gasteiger partial charge >= 0.3 is 0 Å². The summed E-state index contributed by atoms with van der Waals surface area (Å²) < 4.78 is 33.5. The van der Waals surface area contributed by atoms with E-state index in [2.05, 4.69) is 4.98 Å². The molecule has 0 unspecified atom stereocenters. The third-order valence-electron chi connectivity index (χ3n) is 5.73. The summed E-state index contributed by atoms with van der Waals surface area (Å²) in [5.41, 5.74) is 9.87. The number of thiophene rings is 1. The third-order valence-corrected chi connectivity index (χ3v) is 8.92. The van der Waals surface area contributed by atoms with Crippen molar-refractivity contribution in [1.82, 2.24) is 10.5 Å². The molecule has 4 rings (SSSR count). The Hall–Kier alpha value is -3.44. The average molecular weight is 544 g/mol. The minimum absolute atomic E-state index is 0.0583. The first-order valence-corrected chi connectivity index (χ1v) is 13.3. The van der Waals surface area contributed by atoms with Crippen molar-refractivity contribution in [3.8, 4) is 16.2 Å². The highest BCUT2D eigenvalue weighted by Crippen LogP contribution is 2.44. The Morgan fingerprint density at radius 3 is 2.47 bits per heavy atom. The van der Waals surface area contributed by atoms with Gasteiger partial charge in [0.25, 0.3) is 5.91 Å². The monoisotopic (exact) mass is 543 g/mol. The highest BCUT2D eigenvalue weighted by molar-refractivity contribution is 7.91. The lowest BCUT2D eigenvalue weighted by molar-refractivity contribution is 0.0701. The molecule has 4 N–H and O–H groups in total. The summed E-state index contributed by atoms with van der Waals surface area (Å²) in [6.45, 7) is 1.53. The molecular weight excluding hydrogens is 522 g/mol. The molecular formula is C25H22ClN3O5S2. The maximum absolute atomic E-state index is 13.9. The SMILES string of the molecule is COc1ccc(S(=O)(=O)c2c(C)c(N)c(-c3ccc(Cl)s3)c(Cc3cccnc3)c2C(=O)NO)cc1. The van der Waals surface area contributed by atoms with Crippen LogP contribution >= 0.6 is 22.9 Å². The van der Waals surface area contributed by atoms with E-state index in [9.17, 15) is 18.4 Å². The number of hydroxylamine groups is 1. The zero-order chi connectivity index (χ0) is 26.0. The van der Waals surface area contributed by atoms with Crippen LogP contribution in [0.15, 0.2) is 70.7 Å². The first-order chi connectivity index (χ1) is 17.2. The molecule has 0 atom stereocenters. The van der Waals surface area contributed by atoms with Gasteiger partial charge in [0.2, 0.25) is 9.84 Å².